The van der Waals surface area contributed by atoms with Crippen molar-refractivity contribution in [1.29, 1.82) is 0 Å². The van der Waals surface area contributed by atoms with Gasteiger partial charge in [-0.25, -0.2) is 8.42 Å². The molecule has 0 saturated heterocycles. The van der Waals surface area contributed by atoms with Crippen molar-refractivity contribution >= 4 is 27.0 Å². The SMILES string of the molecule is [NH3+]Cc1ccc([N-]S(=O)(=O)c2cccs2)cc1. The predicted molar refractivity (Wildman–Crippen MR) is 67.6 cm³/mol. The summed E-state index contributed by atoms with van der Waals surface area (Å²) in [4.78, 5) is 0. The molecule has 2 rings (SSSR count). The van der Waals surface area contributed by atoms with Gasteiger partial charge in [-0.05, 0) is 11.4 Å². The van der Waals surface area contributed by atoms with Gasteiger partial charge in [-0.3, -0.25) is 0 Å². The molecule has 1 aromatic heterocycles. The lowest BCUT2D eigenvalue weighted by Gasteiger charge is -2.20. The maximum absolute atomic E-state index is 11.8. The Morgan fingerprint density at radius 1 is 1.18 bits per heavy atom. The van der Waals surface area contributed by atoms with E-state index in [1.54, 1.807) is 29.6 Å². The molecule has 0 radical (unpaired) electrons. The van der Waals surface area contributed by atoms with Gasteiger partial charge in [0.15, 0.2) is 0 Å². The molecule has 3 N–H and O–H groups in total. The second kappa shape index (κ2) is 4.87. The predicted octanol–water partition coefficient (Wildman–Crippen LogP) is 1.88. The minimum atomic E-state index is -3.56. The molecule has 1 heterocycles. The van der Waals surface area contributed by atoms with Crippen LogP contribution in [0.2, 0.25) is 0 Å². The molecule has 0 aliphatic rings. The van der Waals surface area contributed by atoms with Crippen LogP contribution in [0.5, 0.6) is 0 Å². The number of sulfonamides is 1. The third-order valence-electron chi connectivity index (χ3n) is 2.20. The van der Waals surface area contributed by atoms with Crippen LogP contribution in [0.4, 0.5) is 5.69 Å². The summed E-state index contributed by atoms with van der Waals surface area (Å²) in [6.07, 6.45) is 0. The fourth-order valence-electron chi connectivity index (χ4n) is 1.32. The third kappa shape index (κ3) is 2.85. The second-order valence-corrected chi connectivity index (χ2v) is 6.19. The van der Waals surface area contributed by atoms with Gasteiger partial charge in [0.25, 0.3) is 0 Å². The van der Waals surface area contributed by atoms with Crippen LogP contribution in [-0.2, 0) is 16.6 Å². The normalized spacial score (nSPS) is 11.4. The van der Waals surface area contributed by atoms with Gasteiger partial charge in [-0.2, -0.15) is 0 Å². The molecule has 0 bridgehead atoms. The number of benzene rings is 1. The van der Waals surface area contributed by atoms with E-state index in [0.717, 1.165) is 5.56 Å². The van der Waals surface area contributed by atoms with E-state index in [4.69, 9.17) is 0 Å². The van der Waals surface area contributed by atoms with E-state index in [1.165, 1.54) is 11.3 Å². The fraction of sp³-hybridized carbons (Fsp3) is 0.0909. The zero-order chi connectivity index (χ0) is 12.3. The smallest absolute Gasteiger partial charge is 0.132 e. The summed E-state index contributed by atoms with van der Waals surface area (Å²) >= 11 is 1.17. The number of nitrogens with zero attached hydrogens (tertiary/aromatic N) is 1. The quantitative estimate of drug-likeness (QED) is 0.919. The number of hydrogen-bond acceptors (Lipinski definition) is 3. The van der Waals surface area contributed by atoms with E-state index >= 15 is 0 Å². The zero-order valence-electron chi connectivity index (χ0n) is 9.04. The van der Waals surface area contributed by atoms with Crippen LogP contribution < -0.4 is 5.73 Å². The topological polar surface area (TPSA) is 75.9 Å². The van der Waals surface area contributed by atoms with Gasteiger partial charge in [0.05, 0.1) is 6.54 Å². The van der Waals surface area contributed by atoms with E-state index < -0.39 is 10.0 Å². The zero-order valence-corrected chi connectivity index (χ0v) is 10.7. The summed E-state index contributed by atoms with van der Waals surface area (Å²) in [5, 5.41) is 1.72. The molecule has 0 atom stereocenters. The lowest BCUT2D eigenvalue weighted by Crippen LogP contribution is -2.47. The summed E-state index contributed by atoms with van der Waals surface area (Å²) in [5.41, 5.74) is 5.25. The van der Waals surface area contributed by atoms with Gasteiger partial charge in [-0.1, -0.05) is 30.3 Å². The highest BCUT2D eigenvalue weighted by Crippen LogP contribution is 2.29. The Kier molecular flexibility index (Phi) is 3.46. The van der Waals surface area contributed by atoms with Crippen molar-refractivity contribution in [1.82, 2.24) is 0 Å². The van der Waals surface area contributed by atoms with Gasteiger partial charge in [-0.15, -0.1) is 17.0 Å². The van der Waals surface area contributed by atoms with Crippen LogP contribution in [0.1, 0.15) is 5.56 Å². The highest BCUT2D eigenvalue weighted by Gasteiger charge is 2.04. The molecule has 0 aliphatic carbocycles. The molecule has 17 heavy (non-hydrogen) atoms. The van der Waals surface area contributed by atoms with Gasteiger partial charge in [0.2, 0.25) is 0 Å². The Bertz CT molecular complexity index is 574. The Morgan fingerprint density at radius 3 is 2.41 bits per heavy atom. The maximum Gasteiger partial charge on any atom is 0.132 e. The Hall–Kier alpha value is -1.37. The molecule has 0 saturated carbocycles. The standard InChI is InChI=1S/C11H11N2O2S2/c12-8-9-3-5-10(6-4-9)13-17(14,15)11-2-1-7-16-11/h1-7H,8,12H2/q-1/p+1. The first-order valence-corrected chi connectivity index (χ1v) is 7.33. The lowest BCUT2D eigenvalue weighted by molar-refractivity contribution is -0.386. The molecule has 6 heteroatoms. The van der Waals surface area contributed by atoms with Crippen molar-refractivity contribution in [2.75, 3.05) is 0 Å². The van der Waals surface area contributed by atoms with Gasteiger partial charge in [0, 0.05) is 5.56 Å². The Labute approximate surface area is 104 Å². The third-order valence-corrected chi connectivity index (χ3v) is 4.88. The molecule has 1 aromatic carbocycles. The largest absolute Gasteiger partial charge is 0.572 e. The van der Waals surface area contributed by atoms with Crippen LogP contribution >= 0.6 is 11.3 Å². The summed E-state index contributed by atoms with van der Waals surface area (Å²) in [6.45, 7) is 0.679. The molecular formula is C11H12N2O2S2. The minimum Gasteiger partial charge on any atom is -0.572 e. The first-order valence-electron chi connectivity index (χ1n) is 5.01. The van der Waals surface area contributed by atoms with Gasteiger partial charge >= 0.3 is 0 Å². The number of quaternary nitrogens is 1. The average molecular weight is 268 g/mol. The van der Waals surface area contributed by atoms with Crippen molar-refractivity contribution in [3.05, 3.63) is 52.1 Å². The number of rotatable bonds is 4. The Morgan fingerprint density at radius 2 is 1.88 bits per heavy atom. The minimum absolute atomic E-state index is 0.263. The highest BCUT2D eigenvalue weighted by atomic mass is 32.2. The molecule has 4 nitrogen and oxygen atoms in total. The van der Waals surface area contributed by atoms with Crippen molar-refractivity contribution in [2.45, 2.75) is 10.8 Å². The lowest BCUT2D eigenvalue weighted by atomic mass is 10.2. The maximum atomic E-state index is 11.8. The van der Waals surface area contributed by atoms with Crippen molar-refractivity contribution in [2.24, 2.45) is 0 Å². The van der Waals surface area contributed by atoms with Gasteiger partial charge < -0.3 is 10.5 Å². The first-order chi connectivity index (χ1) is 8.12. The molecule has 0 amide bonds. The monoisotopic (exact) mass is 268 g/mol. The van der Waals surface area contributed by atoms with Crippen LogP contribution in [0.25, 0.3) is 4.72 Å². The molecule has 0 spiro atoms. The molecule has 2 aromatic rings. The fourth-order valence-corrected chi connectivity index (χ4v) is 3.27. The van der Waals surface area contributed by atoms with Crippen molar-refractivity contribution < 1.29 is 14.2 Å². The van der Waals surface area contributed by atoms with Gasteiger partial charge in [0.1, 0.15) is 14.2 Å². The molecule has 0 fully saturated rings. The summed E-state index contributed by atoms with van der Waals surface area (Å²) < 4.78 is 27.7. The number of hydrogen-bond donors (Lipinski definition) is 1. The highest BCUT2D eigenvalue weighted by molar-refractivity contribution is 7.96. The average Bonchev–Trinajstić information content (AvgIpc) is 2.84. The van der Waals surface area contributed by atoms with Crippen LogP contribution in [0, 0.1) is 0 Å². The molecular weight excluding hydrogens is 256 g/mol. The first kappa shape index (κ1) is 12.1. The van der Waals surface area contributed by atoms with Crippen LogP contribution in [0.3, 0.4) is 0 Å². The second-order valence-electron chi connectivity index (χ2n) is 3.41. The molecule has 90 valence electrons. The van der Waals surface area contributed by atoms with Crippen LogP contribution in [0.15, 0.2) is 46.0 Å². The molecule has 0 unspecified atom stereocenters. The van der Waals surface area contributed by atoms with E-state index in [0.29, 0.717) is 12.2 Å². The van der Waals surface area contributed by atoms with E-state index in [1.807, 2.05) is 12.1 Å². The van der Waals surface area contributed by atoms with E-state index in [2.05, 4.69) is 10.5 Å². The Balaban J connectivity index is 2.21. The van der Waals surface area contributed by atoms with Crippen molar-refractivity contribution in [3.63, 3.8) is 0 Å². The van der Waals surface area contributed by atoms with E-state index in [-0.39, 0.29) is 4.21 Å². The molecule has 0 aliphatic heterocycles. The summed E-state index contributed by atoms with van der Waals surface area (Å²) in [6, 6.07) is 10.3. The van der Waals surface area contributed by atoms with Crippen molar-refractivity contribution in [3.8, 4) is 0 Å². The van der Waals surface area contributed by atoms with Crippen LogP contribution in [-0.4, -0.2) is 8.42 Å². The summed E-state index contributed by atoms with van der Waals surface area (Å²) in [5.74, 6) is 0. The van der Waals surface area contributed by atoms with E-state index in [9.17, 15) is 8.42 Å². The summed E-state index contributed by atoms with van der Waals surface area (Å²) in [7, 11) is -3.56. The number of thiophene rings is 1.